The van der Waals surface area contributed by atoms with Gasteiger partial charge in [-0.05, 0) is 50.2 Å². The fraction of sp³-hybridized carbons (Fsp3) is 0.150. The van der Waals surface area contributed by atoms with Gasteiger partial charge in [-0.15, -0.1) is 0 Å². The van der Waals surface area contributed by atoms with Crippen LogP contribution < -0.4 is 5.32 Å². The Labute approximate surface area is 149 Å². The van der Waals surface area contributed by atoms with Crippen LogP contribution in [0.25, 0.3) is 11.0 Å². The Hall–Kier alpha value is -3.41. The number of furan rings is 1. The first-order chi connectivity index (χ1) is 12.4. The first-order valence-electron chi connectivity index (χ1n) is 8.05. The summed E-state index contributed by atoms with van der Waals surface area (Å²) in [5, 5.41) is 3.41. The molecule has 0 fully saturated rings. The number of nitrogens with one attached hydrogen (secondary N) is 1. The number of anilines is 1. The Bertz CT molecular complexity index is 938. The molecule has 6 heteroatoms. The second kappa shape index (κ2) is 7.23. The van der Waals surface area contributed by atoms with Gasteiger partial charge in [0.2, 0.25) is 5.76 Å². The number of rotatable bonds is 5. The van der Waals surface area contributed by atoms with E-state index in [1.165, 1.54) is 13.8 Å². The first-order valence-corrected chi connectivity index (χ1v) is 8.05. The van der Waals surface area contributed by atoms with Crippen LogP contribution in [0.2, 0.25) is 0 Å². The van der Waals surface area contributed by atoms with E-state index in [0.717, 1.165) is 5.39 Å². The second-order valence-electron chi connectivity index (χ2n) is 5.82. The number of Topliss-reactive ketones (excluding diaryl/α,β-unsaturated/α-hetero) is 1. The van der Waals surface area contributed by atoms with Crippen molar-refractivity contribution in [3.63, 3.8) is 0 Å². The van der Waals surface area contributed by atoms with Gasteiger partial charge in [0.1, 0.15) is 5.58 Å². The highest BCUT2D eigenvalue weighted by Crippen LogP contribution is 2.20. The molecule has 1 aromatic heterocycles. The average molecular weight is 351 g/mol. The number of ether oxygens (including phenoxy) is 1. The average Bonchev–Trinajstić information content (AvgIpc) is 3.06. The highest BCUT2D eigenvalue weighted by Gasteiger charge is 2.21. The Kier molecular flexibility index (Phi) is 4.84. The number of esters is 1. The van der Waals surface area contributed by atoms with E-state index in [2.05, 4.69) is 5.32 Å². The maximum atomic E-state index is 12.2. The molecule has 2 aromatic carbocycles. The number of benzene rings is 2. The van der Waals surface area contributed by atoms with E-state index in [4.69, 9.17) is 9.15 Å². The molecule has 1 atom stereocenters. The number of ketones is 1. The number of para-hydroxylation sites is 1. The van der Waals surface area contributed by atoms with Gasteiger partial charge >= 0.3 is 5.97 Å². The smallest absolute Gasteiger partial charge is 0.375 e. The topological polar surface area (TPSA) is 85.6 Å². The van der Waals surface area contributed by atoms with Crippen LogP contribution in [0.15, 0.2) is 59.0 Å². The molecular formula is C20H17NO5. The number of carbonyl (C=O) groups excluding carboxylic acids is 3. The van der Waals surface area contributed by atoms with E-state index in [0.29, 0.717) is 16.8 Å². The molecule has 3 aromatic rings. The van der Waals surface area contributed by atoms with Crippen molar-refractivity contribution < 1.29 is 23.5 Å². The molecule has 132 valence electrons. The number of carbonyl (C=O) groups is 3. The molecular weight excluding hydrogens is 334 g/mol. The molecule has 0 aliphatic rings. The molecule has 0 saturated heterocycles. The predicted molar refractivity (Wildman–Crippen MR) is 96.2 cm³/mol. The lowest BCUT2D eigenvalue weighted by Gasteiger charge is -2.12. The number of hydrogen-bond donors (Lipinski definition) is 1. The third-order valence-corrected chi connectivity index (χ3v) is 3.84. The summed E-state index contributed by atoms with van der Waals surface area (Å²) >= 11 is 0. The maximum absolute atomic E-state index is 12.2. The Morgan fingerprint density at radius 2 is 1.73 bits per heavy atom. The first kappa shape index (κ1) is 17.4. The molecule has 0 unspecified atom stereocenters. The van der Waals surface area contributed by atoms with Gasteiger partial charge in [0.05, 0.1) is 0 Å². The van der Waals surface area contributed by atoms with Crippen LogP contribution in [-0.2, 0) is 9.53 Å². The standard InChI is InChI=1S/C20H17NO5/c1-12(22)14-7-9-16(10-8-14)21-19(23)13(2)25-20(24)18-11-15-5-3-4-6-17(15)26-18/h3-11,13H,1-2H3,(H,21,23)/t13-/m0/s1. The zero-order chi connectivity index (χ0) is 18.7. The third-order valence-electron chi connectivity index (χ3n) is 3.84. The molecule has 26 heavy (non-hydrogen) atoms. The molecule has 0 spiro atoms. The van der Waals surface area contributed by atoms with Crippen molar-refractivity contribution >= 4 is 34.3 Å². The van der Waals surface area contributed by atoms with Gasteiger partial charge in [-0.1, -0.05) is 18.2 Å². The van der Waals surface area contributed by atoms with E-state index in [-0.39, 0.29) is 11.5 Å². The van der Waals surface area contributed by atoms with Crippen molar-refractivity contribution in [1.29, 1.82) is 0 Å². The van der Waals surface area contributed by atoms with Gasteiger partial charge in [0.25, 0.3) is 5.91 Å². The molecule has 3 rings (SSSR count). The van der Waals surface area contributed by atoms with E-state index < -0.39 is 18.0 Å². The largest absolute Gasteiger partial charge is 0.449 e. The molecule has 0 bridgehead atoms. The number of fused-ring (bicyclic) bond motifs is 1. The number of hydrogen-bond acceptors (Lipinski definition) is 5. The minimum Gasteiger partial charge on any atom is -0.449 e. The summed E-state index contributed by atoms with van der Waals surface area (Å²) < 4.78 is 10.6. The van der Waals surface area contributed by atoms with Crippen LogP contribution >= 0.6 is 0 Å². The lowest BCUT2D eigenvalue weighted by Crippen LogP contribution is -2.29. The van der Waals surface area contributed by atoms with Crippen molar-refractivity contribution in [3.8, 4) is 0 Å². The lowest BCUT2D eigenvalue weighted by atomic mass is 10.1. The fourth-order valence-corrected chi connectivity index (χ4v) is 2.39. The normalized spacial score (nSPS) is 11.8. The summed E-state index contributed by atoms with van der Waals surface area (Å²) in [7, 11) is 0. The van der Waals surface area contributed by atoms with Crippen molar-refractivity contribution in [2.24, 2.45) is 0 Å². The predicted octanol–water partition coefficient (Wildman–Crippen LogP) is 3.82. The zero-order valence-corrected chi connectivity index (χ0v) is 14.3. The van der Waals surface area contributed by atoms with Crippen LogP contribution in [0.1, 0.15) is 34.8 Å². The van der Waals surface area contributed by atoms with Gasteiger partial charge in [-0.3, -0.25) is 9.59 Å². The SMILES string of the molecule is CC(=O)c1ccc(NC(=O)[C@H](C)OC(=O)c2cc3ccccc3o2)cc1. The number of amides is 1. The van der Waals surface area contributed by atoms with Gasteiger partial charge in [-0.25, -0.2) is 4.79 Å². The van der Waals surface area contributed by atoms with Crippen molar-refractivity contribution in [3.05, 3.63) is 65.9 Å². The van der Waals surface area contributed by atoms with Gasteiger partial charge in [0, 0.05) is 16.6 Å². The van der Waals surface area contributed by atoms with E-state index in [9.17, 15) is 14.4 Å². The molecule has 1 amide bonds. The molecule has 0 aliphatic heterocycles. The van der Waals surface area contributed by atoms with Crippen molar-refractivity contribution in [2.75, 3.05) is 5.32 Å². The lowest BCUT2D eigenvalue weighted by molar-refractivity contribution is -0.123. The van der Waals surface area contributed by atoms with E-state index >= 15 is 0 Å². The van der Waals surface area contributed by atoms with Gasteiger partial charge in [-0.2, -0.15) is 0 Å². The van der Waals surface area contributed by atoms with Crippen LogP contribution in [0.3, 0.4) is 0 Å². The van der Waals surface area contributed by atoms with E-state index in [1.54, 1.807) is 42.5 Å². The Morgan fingerprint density at radius 3 is 2.38 bits per heavy atom. The molecule has 0 aliphatic carbocycles. The van der Waals surface area contributed by atoms with Crippen LogP contribution in [0.5, 0.6) is 0 Å². The van der Waals surface area contributed by atoms with E-state index in [1.807, 2.05) is 12.1 Å². The summed E-state index contributed by atoms with van der Waals surface area (Å²) in [6.07, 6.45) is -1.01. The van der Waals surface area contributed by atoms with Crippen LogP contribution in [0, 0.1) is 0 Å². The molecule has 0 saturated carbocycles. The maximum Gasteiger partial charge on any atom is 0.375 e. The summed E-state index contributed by atoms with van der Waals surface area (Å²) in [5.74, 6) is -1.21. The van der Waals surface area contributed by atoms with Crippen molar-refractivity contribution in [1.82, 2.24) is 0 Å². The molecule has 1 N–H and O–H groups in total. The zero-order valence-electron chi connectivity index (χ0n) is 14.3. The molecule has 6 nitrogen and oxygen atoms in total. The third kappa shape index (κ3) is 3.80. The molecule has 0 radical (unpaired) electrons. The molecule has 1 heterocycles. The minimum atomic E-state index is -1.01. The quantitative estimate of drug-likeness (QED) is 0.558. The summed E-state index contributed by atoms with van der Waals surface area (Å²) in [6, 6.07) is 15.2. The summed E-state index contributed by atoms with van der Waals surface area (Å²) in [5.41, 5.74) is 1.63. The summed E-state index contributed by atoms with van der Waals surface area (Å²) in [6.45, 7) is 2.94. The highest BCUT2D eigenvalue weighted by molar-refractivity contribution is 5.99. The Balaban J connectivity index is 1.62. The van der Waals surface area contributed by atoms with Gasteiger partial charge in [0.15, 0.2) is 11.9 Å². The highest BCUT2D eigenvalue weighted by atomic mass is 16.6. The van der Waals surface area contributed by atoms with Crippen LogP contribution in [0.4, 0.5) is 5.69 Å². The van der Waals surface area contributed by atoms with Crippen LogP contribution in [-0.4, -0.2) is 23.8 Å². The fourth-order valence-electron chi connectivity index (χ4n) is 2.39. The monoisotopic (exact) mass is 351 g/mol. The van der Waals surface area contributed by atoms with Gasteiger partial charge < -0.3 is 14.5 Å². The Morgan fingerprint density at radius 1 is 1.04 bits per heavy atom. The summed E-state index contributed by atoms with van der Waals surface area (Å²) in [4.78, 5) is 35.6. The van der Waals surface area contributed by atoms with Crippen molar-refractivity contribution in [2.45, 2.75) is 20.0 Å². The minimum absolute atomic E-state index is 0.0386. The second-order valence-corrected chi connectivity index (χ2v) is 5.82.